The molecule has 8 heteroatoms. The van der Waals surface area contributed by atoms with Crippen LogP contribution in [0.2, 0.25) is 0 Å². The molecule has 1 atom stereocenters. The first-order chi connectivity index (χ1) is 9.08. The van der Waals surface area contributed by atoms with Gasteiger partial charge in [0.25, 0.3) is 0 Å². The number of anilines is 1. The fraction of sp³-hybridized carbons (Fsp3) is 0.364. The van der Waals surface area contributed by atoms with Gasteiger partial charge in [-0.2, -0.15) is 5.10 Å². The van der Waals surface area contributed by atoms with E-state index >= 15 is 0 Å². The van der Waals surface area contributed by atoms with E-state index in [-0.39, 0.29) is 5.92 Å². The third-order valence-electron chi connectivity index (χ3n) is 3.44. The molecule has 1 amide bonds. The fourth-order valence-corrected chi connectivity index (χ4v) is 2.31. The lowest BCUT2D eigenvalue weighted by molar-refractivity contribution is 0.000109. The Labute approximate surface area is 108 Å². The highest BCUT2D eigenvalue weighted by atomic mass is 16.4. The number of hydrogen-bond donors (Lipinski definition) is 3. The number of rotatable bonds is 2. The average molecular weight is 263 g/mol. The fourth-order valence-electron chi connectivity index (χ4n) is 2.31. The van der Waals surface area contributed by atoms with Crippen molar-refractivity contribution in [1.82, 2.24) is 19.5 Å². The van der Waals surface area contributed by atoms with E-state index in [2.05, 4.69) is 10.1 Å². The highest BCUT2D eigenvalue weighted by Gasteiger charge is 2.37. The molecule has 3 heterocycles. The Morgan fingerprint density at radius 2 is 2.21 bits per heavy atom. The molecule has 1 unspecified atom stereocenters. The largest absolute Gasteiger partial charge is 0.465 e. The van der Waals surface area contributed by atoms with Crippen LogP contribution < -0.4 is 5.73 Å². The minimum Gasteiger partial charge on any atom is -0.465 e. The summed E-state index contributed by atoms with van der Waals surface area (Å²) in [6.07, 6.45) is -0.412. The summed E-state index contributed by atoms with van der Waals surface area (Å²) in [5, 5.41) is 23.1. The normalized spacial score (nSPS) is 17.4. The van der Waals surface area contributed by atoms with Crippen molar-refractivity contribution in [3.05, 3.63) is 24.2 Å². The van der Waals surface area contributed by atoms with Crippen LogP contribution in [0.1, 0.15) is 11.8 Å². The maximum absolute atomic E-state index is 10.7. The van der Waals surface area contributed by atoms with Crippen molar-refractivity contribution in [3.63, 3.8) is 0 Å². The zero-order valence-electron chi connectivity index (χ0n) is 9.97. The molecule has 0 aliphatic carbocycles. The van der Waals surface area contributed by atoms with Crippen LogP contribution in [0.15, 0.2) is 18.5 Å². The summed E-state index contributed by atoms with van der Waals surface area (Å²) in [6, 6.07) is 3.47. The molecule has 0 aromatic carbocycles. The standard InChI is InChI=1S/C11H13N5O3/c12-10-8-2-1-7(16(8)14-5-13-10)9(17)6-3-15(4-6)11(18)19/h1-2,5-6,9,17H,3-4H2,(H,18,19)(H2,12,13,14). The molecule has 0 spiro atoms. The van der Waals surface area contributed by atoms with Gasteiger partial charge >= 0.3 is 6.09 Å². The van der Waals surface area contributed by atoms with Crippen molar-refractivity contribution in [3.8, 4) is 0 Å². The molecular formula is C11H13N5O3. The molecule has 1 saturated heterocycles. The molecule has 2 aromatic heterocycles. The number of carboxylic acid groups (broad SMARTS) is 1. The Kier molecular flexibility index (Phi) is 2.53. The van der Waals surface area contributed by atoms with Gasteiger partial charge in [-0.25, -0.2) is 14.3 Å². The maximum atomic E-state index is 10.7. The first kappa shape index (κ1) is 11.7. The molecule has 8 nitrogen and oxygen atoms in total. The number of amides is 1. The van der Waals surface area contributed by atoms with Crippen LogP contribution in [-0.2, 0) is 0 Å². The predicted octanol–water partition coefficient (Wildman–Crippen LogP) is -0.0453. The SMILES string of the molecule is Nc1ncnn2c(C(O)C3CN(C(=O)O)C3)ccc12. The van der Waals surface area contributed by atoms with E-state index in [4.69, 9.17) is 10.8 Å². The van der Waals surface area contributed by atoms with Gasteiger partial charge in [-0.15, -0.1) is 0 Å². The minimum absolute atomic E-state index is 0.120. The predicted molar refractivity (Wildman–Crippen MR) is 65.4 cm³/mol. The van der Waals surface area contributed by atoms with E-state index in [1.165, 1.54) is 15.7 Å². The van der Waals surface area contributed by atoms with E-state index < -0.39 is 12.2 Å². The third kappa shape index (κ3) is 1.76. The smallest absolute Gasteiger partial charge is 0.407 e. The first-order valence-corrected chi connectivity index (χ1v) is 5.82. The molecule has 19 heavy (non-hydrogen) atoms. The van der Waals surface area contributed by atoms with Gasteiger partial charge < -0.3 is 20.8 Å². The van der Waals surface area contributed by atoms with Gasteiger partial charge in [0, 0.05) is 19.0 Å². The van der Waals surface area contributed by atoms with Gasteiger partial charge in [0.2, 0.25) is 0 Å². The second kappa shape index (κ2) is 4.09. The maximum Gasteiger partial charge on any atom is 0.407 e. The van der Waals surface area contributed by atoms with Crippen molar-refractivity contribution in [2.45, 2.75) is 6.10 Å². The molecule has 100 valence electrons. The molecule has 3 rings (SSSR count). The Morgan fingerprint density at radius 1 is 1.47 bits per heavy atom. The van der Waals surface area contributed by atoms with Gasteiger partial charge in [0.15, 0.2) is 5.82 Å². The number of nitrogens with zero attached hydrogens (tertiary/aromatic N) is 4. The third-order valence-corrected chi connectivity index (χ3v) is 3.44. The number of carbonyl (C=O) groups is 1. The lowest BCUT2D eigenvalue weighted by atomic mass is 9.92. The number of hydrogen-bond acceptors (Lipinski definition) is 5. The van der Waals surface area contributed by atoms with Crippen LogP contribution in [0.25, 0.3) is 5.52 Å². The first-order valence-electron chi connectivity index (χ1n) is 5.82. The van der Waals surface area contributed by atoms with E-state index in [0.717, 1.165) is 0 Å². The van der Waals surface area contributed by atoms with Gasteiger partial charge in [0.05, 0.1) is 5.69 Å². The number of likely N-dealkylation sites (tertiary alicyclic amines) is 1. The summed E-state index contributed by atoms with van der Waals surface area (Å²) in [5.74, 6) is 0.222. The van der Waals surface area contributed by atoms with Crippen molar-refractivity contribution in [2.24, 2.45) is 5.92 Å². The summed E-state index contributed by atoms with van der Waals surface area (Å²) < 4.78 is 1.54. The molecule has 0 radical (unpaired) electrons. The molecule has 0 bridgehead atoms. The summed E-state index contributed by atoms with van der Waals surface area (Å²) in [7, 11) is 0. The van der Waals surface area contributed by atoms with E-state index in [1.54, 1.807) is 12.1 Å². The van der Waals surface area contributed by atoms with Crippen LogP contribution in [0.5, 0.6) is 0 Å². The lowest BCUT2D eigenvalue weighted by Crippen LogP contribution is -2.51. The van der Waals surface area contributed by atoms with E-state index in [1.807, 2.05) is 0 Å². The average Bonchev–Trinajstić information content (AvgIpc) is 2.71. The van der Waals surface area contributed by atoms with Gasteiger partial charge in [-0.3, -0.25) is 0 Å². The molecule has 1 aliphatic heterocycles. The second-order valence-electron chi connectivity index (χ2n) is 4.59. The molecular weight excluding hydrogens is 250 g/mol. The van der Waals surface area contributed by atoms with Gasteiger partial charge in [-0.05, 0) is 12.1 Å². The molecule has 1 aliphatic rings. The Hall–Kier alpha value is -2.35. The monoisotopic (exact) mass is 263 g/mol. The number of nitrogen functional groups attached to an aromatic ring is 1. The van der Waals surface area contributed by atoms with Crippen molar-refractivity contribution in [2.75, 3.05) is 18.8 Å². The summed E-state index contributed by atoms with van der Waals surface area (Å²) >= 11 is 0. The van der Waals surface area contributed by atoms with E-state index in [0.29, 0.717) is 30.1 Å². The Morgan fingerprint density at radius 3 is 2.89 bits per heavy atom. The second-order valence-corrected chi connectivity index (χ2v) is 4.59. The van der Waals surface area contributed by atoms with Gasteiger partial charge in [0.1, 0.15) is 17.9 Å². The minimum atomic E-state index is -0.963. The van der Waals surface area contributed by atoms with Crippen molar-refractivity contribution >= 4 is 17.4 Å². The van der Waals surface area contributed by atoms with Crippen LogP contribution >= 0.6 is 0 Å². The summed E-state index contributed by atoms with van der Waals surface area (Å²) in [5.41, 5.74) is 6.94. The van der Waals surface area contributed by atoms with Crippen LogP contribution in [0, 0.1) is 5.92 Å². The summed E-state index contributed by atoms with van der Waals surface area (Å²) in [4.78, 5) is 15.8. The zero-order chi connectivity index (χ0) is 13.6. The Bertz CT molecular complexity index is 634. The van der Waals surface area contributed by atoms with Crippen LogP contribution in [-0.4, -0.2) is 48.9 Å². The highest BCUT2D eigenvalue weighted by Crippen LogP contribution is 2.31. The number of nitrogens with two attached hydrogens (primary N) is 1. The molecule has 4 N–H and O–H groups in total. The van der Waals surface area contributed by atoms with Crippen LogP contribution in [0.3, 0.4) is 0 Å². The number of aromatic nitrogens is 3. The molecule has 1 fully saturated rings. The number of fused-ring (bicyclic) bond motifs is 1. The lowest BCUT2D eigenvalue weighted by Gasteiger charge is -2.39. The van der Waals surface area contributed by atoms with Crippen molar-refractivity contribution in [1.29, 1.82) is 0 Å². The topological polar surface area (TPSA) is 117 Å². The zero-order valence-corrected chi connectivity index (χ0v) is 9.97. The van der Waals surface area contributed by atoms with Crippen LogP contribution in [0.4, 0.5) is 10.6 Å². The van der Waals surface area contributed by atoms with E-state index in [9.17, 15) is 9.90 Å². The number of aliphatic hydroxyl groups excluding tert-OH is 1. The molecule has 2 aromatic rings. The Balaban J connectivity index is 1.85. The van der Waals surface area contributed by atoms with Crippen molar-refractivity contribution < 1.29 is 15.0 Å². The highest BCUT2D eigenvalue weighted by molar-refractivity contribution is 5.66. The number of aliphatic hydroxyl groups is 1. The van der Waals surface area contributed by atoms with Gasteiger partial charge in [-0.1, -0.05) is 0 Å². The summed E-state index contributed by atoms with van der Waals surface area (Å²) in [6.45, 7) is 0.647. The quantitative estimate of drug-likeness (QED) is 0.699. The molecule has 0 saturated carbocycles.